The molecule has 1 aromatic heterocycles. The van der Waals surface area contributed by atoms with Crippen LogP contribution in [0.25, 0.3) is 6.08 Å². The van der Waals surface area contributed by atoms with Crippen LogP contribution in [0, 0.1) is 5.95 Å². The number of pyridine rings is 1. The molecule has 0 fully saturated rings. The molecule has 1 aromatic rings. The molecule has 0 unspecified atom stereocenters. The zero-order valence-corrected chi connectivity index (χ0v) is 6.17. The third kappa shape index (κ3) is 1.55. The Kier molecular flexibility index (Phi) is 2.21. The summed E-state index contributed by atoms with van der Waals surface area (Å²) in [5.41, 5.74) is 0.611. The topological polar surface area (TPSA) is 22.1 Å². The second kappa shape index (κ2) is 3.14. The number of nitrogens with zero attached hydrogens (tertiary/aromatic N) is 1. The van der Waals surface area contributed by atoms with Crippen molar-refractivity contribution >= 4 is 6.08 Å². The van der Waals surface area contributed by atoms with Crippen molar-refractivity contribution in [1.82, 2.24) is 4.98 Å². The molecule has 0 atom stereocenters. The summed E-state index contributed by atoms with van der Waals surface area (Å²) in [7, 11) is 1.50. The molecule has 0 saturated carbocycles. The first-order chi connectivity index (χ1) is 5.27. The Morgan fingerprint density at radius 3 is 3.00 bits per heavy atom. The Bertz CT molecular complexity index is 273. The summed E-state index contributed by atoms with van der Waals surface area (Å²) in [6, 6.07) is 1.27. The van der Waals surface area contributed by atoms with Gasteiger partial charge in [0.15, 0.2) is 0 Å². The first-order valence-electron chi connectivity index (χ1n) is 3.10. The fourth-order valence-electron chi connectivity index (χ4n) is 0.762. The monoisotopic (exact) mass is 153 g/mol. The molecule has 11 heavy (non-hydrogen) atoms. The van der Waals surface area contributed by atoms with Crippen molar-refractivity contribution in [2.75, 3.05) is 7.11 Å². The molecule has 0 N–H and O–H groups in total. The van der Waals surface area contributed by atoms with Gasteiger partial charge in [-0.2, -0.15) is 4.39 Å². The van der Waals surface area contributed by atoms with E-state index in [0.717, 1.165) is 0 Å². The van der Waals surface area contributed by atoms with Crippen molar-refractivity contribution < 1.29 is 9.13 Å². The maximum Gasteiger partial charge on any atom is 0.213 e. The summed E-state index contributed by atoms with van der Waals surface area (Å²) >= 11 is 0. The summed E-state index contributed by atoms with van der Waals surface area (Å²) in [4.78, 5) is 3.42. The highest BCUT2D eigenvalue weighted by Gasteiger charge is 2.00. The van der Waals surface area contributed by atoms with Crippen LogP contribution in [-0.4, -0.2) is 12.1 Å². The van der Waals surface area contributed by atoms with Gasteiger partial charge in [0.05, 0.1) is 13.3 Å². The lowest BCUT2D eigenvalue weighted by Crippen LogP contribution is -1.90. The standard InChI is InChI=1S/C8H8FNO/c1-3-6-4-8(9)10-5-7(6)11-2/h3-5H,1H2,2H3. The number of hydrogen-bond acceptors (Lipinski definition) is 2. The van der Waals surface area contributed by atoms with Crippen LogP contribution in [0.1, 0.15) is 5.56 Å². The molecular formula is C8H8FNO. The van der Waals surface area contributed by atoms with Crippen molar-refractivity contribution in [3.63, 3.8) is 0 Å². The van der Waals surface area contributed by atoms with E-state index in [1.807, 2.05) is 0 Å². The SMILES string of the molecule is C=Cc1cc(F)ncc1OC. The highest BCUT2D eigenvalue weighted by molar-refractivity contribution is 5.54. The first-order valence-corrected chi connectivity index (χ1v) is 3.10. The number of halogens is 1. The molecule has 3 heteroatoms. The van der Waals surface area contributed by atoms with Crippen LogP contribution >= 0.6 is 0 Å². The van der Waals surface area contributed by atoms with Crippen molar-refractivity contribution in [1.29, 1.82) is 0 Å². The Labute approximate surface area is 64.3 Å². The lowest BCUT2D eigenvalue weighted by molar-refractivity contribution is 0.409. The lowest BCUT2D eigenvalue weighted by Gasteiger charge is -2.01. The fraction of sp³-hybridized carbons (Fsp3) is 0.125. The maximum atomic E-state index is 12.5. The van der Waals surface area contributed by atoms with Gasteiger partial charge in [0.25, 0.3) is 0 Å². The molecule has 0 spiro atoms. The molecule has 0 aromatic carbocycles. The Morgan fingerprint density at radius 2 is 2.45 bits per heavy atom. The summed E-state index contributed by atoms with van der Waals surface area (Å²) in [5, 5.41) is 0. The van der Waals surface area contributed by atoms with Crippen LogP contribution in [-0.2, 0) is 0 Å². The summed E-state index contributed by atoms with van der Waals surface area (Å²) in [6.45, 7) is 3.51. The van der Waals surface area contributed by atoms with Crippen LogP contribution in [0.15, 0.2) is 18.8 Å². The quantitative estimate of drug-likeness (QED) is 0.605. The third-order valence-electron chi connectivity index (χ3n) is 1.30. The number of rotatable bonds is 2. The minimum atomic E-state index is -0.527. The predicted molar refractivity (Wildman–Crippen MR) is 40.8 cm³/mol. The van der Waals surface area contributed by atoms with Gasteiger partial charge in [-0.1, -0.05) is 12.7 Å². The van der Waals surface area contributed by atoms with Crippen LogP contribution in [0.2, 0.25) is 0 Å². The van der Waals surface area contributed by atoms with E-state index in [1.165, 1.54) is 25.4 Å². The van der Waals surface area contributed by atoms with Crippen molar-refractivity contribution in [3.8, 4) is 5.75 Å². The van der Waals surface area contributed by atoms with Crippen LogP contribution in [0.5, 0.6) is 5.75 Å². The highest BCUT2D eigenvalue weighted by atomic mass is 19.1. The van der Waals surface area contributed by atoms with Crippen LogP contribution < -0.4 is 4.74 Å². The Balaban J connectivity index is 3.16. The zero-order chi connectivity index (χ0) is 8.27. The van der Waals surface area contributed by atoms with Gasteiger partial charge in [-0.25, -0.2) is 4.98 Å². The Morgan fingerprint density at radius 1 is 1.73 bits per heavy atom. The third-order valence-corrected chi connectivity index (χ3v) is 1.30. The molecule has 0 amide bonds. The molecule has 2 nitrogen and oxygen atoms in total. The number of aromatic nitrogens is 1. The Hall–Kier alpha value is -1.38. The minimum absolute atomic E-state index is 0.527. The summed E-state index contributed by atoms with van der Waals surface area (Å²) in [6.07, 6.45) is 2.84. The second-order valence-electron chi connectivity index (χ2n) is 1.95. The average Bonchev–Trinajstić information content (AvgIpc) is 2.04. The molecule has 0 saturated heterocycles. The smallest absolute Gasteiger partial charge is 0.213 e. The van der Waals surface area contributed by atoms with Crippen molar-refractivity contribution in [3.05, 3.63) is 30.4 Å². The molecule has 58 valence electrons. The second-order valence-corrected chi connectivity index (χ2v) is 1.95. The molecule has 0 radical (unpaired) electrons. The zero-order valence-electron chi connectivity index (χ0n) is 6.17. The van der Waals surface area contributed by atoms with Gasteiger partial charge in [0, 0.05) is 11.6 Å². The van der Waals surface area contributed by atoms with Crippen molar-refractivity contribution in [2.45, 2.75) is 0 Å². The van der Waals surface area contributed by atoms with E-state index in [0.29, 0.717) is 11.3 Å². The number of hydrogen-bond donors (Lipinski definition) is 0. The van der Waals surface area contributed by atoms with Crippen LogP contribution in [0.3, 0.4) is 0 Å². The van der Waals surface area contributed by atoms with Gasteiger partial charge in [0.1, 0.15) is 5.75 Å². The van der Waals surface area contributed by atoms with E-state index < -0.39 is 5.95 Å². The predicted octanol–water partition coefficient (Wildman–Crippen LogP) is 1.87. The van der Waals surface area contributed by atoms with Gasteiger partial charge in [-0.05, 0) is 0 Å². The molecule has 0 aliphatic rings. The highest BCUT2D eigenvalue weighted by Crippen LogP contribution is 2.17. The molecule has 0 aliphatic carbocycles. The largest absolute Gasteiger partial charge is 0.495 e. The molecule has 1 rings (SSSR count). The first kappa shape index (κ1) is 7.72. The molecular weight excluding hydrogens is 145 g/mol. The van der Waals surface area contributed by atoms with E-state index >= 15 is 0 Å². The van der Waals surface area contributed by atoms with Gasteiger partial charge in [-0.3, -0.25) is 0 Å². The fourth-order valence-corrected chi connectivity index (χ4v) is 0.762. The maximum absolute atomic E-state index is 12.5. The van der Waals surface area contributed by atoms with E-state index in [2.05, 4.69) is 11.6 Å². The van der Waals surface area contributed by atoms with E-state index in [1.54, 1.807) is 0 Å². The van der Waals surface area contributed by atoms with Crippen LogP contribution in [0.4, 0.5) is 4.39 Å². The number of ether oxygens (including phenoxy) is 1. The van der Waals surface area contributed by atoms with Gasteiger partial charge in [0.2, 0.25) is 5.95 Å². The van der Waals surface area contributed by atoms with E-state index in [4.69, 9.17) is 4.74 Å². The van der Waals surface area contributed by atoms with Gasteiger partial charge in [-0.15, -0.1) is 0 Å². The average molecular weight is 153 g/mol. The normalized spacial score (nSPS) is 9.27. The van der Waals surface area contributed by atoms with Gasteiger partial charge >= 0.3 is 0 Å². The van der Waals surface area contributed by atoms with Crippen molar-refractivity contribution in [2.24, 2.45) is 0 Å². The molecule has 0 bridgehead atoms. The molecule has 0 aliphatic heterocycles. The van der Waals surface area contributed by atoms with E-state index in [-0.39, 0.29) is 0 Å². The summed E-state index contributed by atoms with van der Waals surface area (Å²) in [5.74, 6) is 0.00194. The van der Waals surface area contributed by atoms with Gasteiger partial charge < -0.3 is 4.74 Å². The molecule has 1 heterocycles. The lowest BCUT2D eigenvalue weighted by atomic mass is 10.2. The van der Waals surface area contributed by atoms with E-state index in [9.17, 15) is 4.39 Å². The number of methoxy groups -OCH3 is 1. The minimum Gasteiger partial charge on any atom is -0.495 e. The summed E-state index contributed by atoms with van der Waals surface area (Å²) < 4.78 is 17.3.